The van der Waals surface area contributed by atoms with E-state index in [0.717, 1.165) is 16.9 Å². The van der Waals surface area contributed by atoms with Gasteiger partial charge < -0.3 is 9.88 Å². The van der Waals surface area contributed by atoms with Crippen molar-refractivity contribution in [1.29, 1.82) is 0 Å². The zero-order valence-corrected chi connectivity index (χ0v) is 12.7. The average molecular weight is 423 g/mol. The van der Waals surface area contributed by atoms with Gasteiger partial charge in [0.2, 0.25) is 0 Å². The number of nitrogens with zero attached hydrogens (tertiary/aromatic N) is 2. The number of hydrogen-bond acceptors (Lipinski definition) is 2. The molecular weight excluding hydrogens is 412 g/mol. The SMILES string of the molecule is CN1c2ccc[c-]c2-c2nccc3cccc1c23.[Ir]. The van der Waals surface area contributed by atoms with Gasteiger partial charge in [-0.1, -0.05) is 12.1 Å². The number of pyridine rings is 1. The predicted molar refractivity (Wildman–Crippen MR) is 74.1 cm³/mol. The first-order chi connectivity index (χ1) is 8.86. The summed E-state index contributed by atoms with van der Waals surface area (Å²) in [5.41, 5.74) is 4.50. The monoisotopic (exact) mass is 424 g/mol. The Morgan fingerprint density at radius 1 is 1.05 bits per heavy atom. The quantitative estimate of drug-likeness (QED) is 0.512. The van der Waals surface area contributed by atoms with Gasteiger partial charge in [0, 0.05) is 39.0 Å². The molecule has 0 amide bonds. The van der Waals surface area contributed by atoms with Crippen LogP contribution in [0.1, 0.15) is 0 Å². The molecule has 2 heterocycles. The molecule has 0 saturated carbocycles. The first-order valence-corrected chi connectivity index (χ1v) is 5.99. The third kappa shape index (κ3) is 1.62. The van der Waals surface area contributed by atoms with Crippen molar-refractivity contribution in [2.75, 3.05) is 11.9 Å². The maximum atomic E-state index is 4.56. The number of fused-ring (bicyclic) bond motifs is 2. The van der Waals surface area contributed by atoms with Crippen molar-refractivity contribution in [3.8, 4) is 11.3 Å². The van der Waals surface area contributed by atoms with E-state index in [1.165, 1.54) is 16.5 Å². The molecule has 2 nitrogen and oxygen atoms in total. The zero-order valence-electron chi connectivity index (χ0n) is 10.3. The molecular formula is C16H11IrN2-. The topological polar surface area (TPSA) is 16.1 Å². The summed E-state index contributed by atoms with van der Waals surface area (Å²) < 4.78 is 0. The first kappa shape index (κ1) is 12.3. The van der Waals surface area contributed by atoms with Gasteiger partial charge in [0.05, 0.1) is 0 Å². The number of anilines is 2. The molecule has 0 aliphatic carbocycles. The summed E-state index contributed by atoms with van der Waals surface area (Å²) in [5.74, 6) is 0. The van der Waals surface area contributed by atoms with Crippen LogP contribution in [-0.2, 0) is 20.1 Å². The fourth-order valence-electron chi connectivity index (χ4n) is 2.71. The van der Waals surface area contributed by atoms with Gasteiger partial charge in [-0.2, -0.15) is 0 Å². The molecule has 1 aliphatic heterocycles. The Kier molecular flexibility index (Phi) is 2.89. The van der Waals surface area contributed by atoms with Crippen molar-refractivity contribution < 1.29 is 20.1 Å². The second-order valence-electron chi connectivity index (χ2n) is 4.52. The number of aromatic nitrogens is 1. The zero-order chi connectivity index (χ0) is 12.1. The van der Waals surface area contributed by atoms with Gasteiger partial charge in [0.25, 0.3) is 0 Å². The van der Waals surface area contributed by atoms with E-state index in [0.29, 0.717) is 0 Å². The van der Waals surface area contributed by atoms with E-state index >= 15 is 0 Å². The Labute approximate surface area is 125 Å². The van der Waals surface area contributed by atoms with Crippen molar-refractivity contribution in [3.05, 3.63) is 54.7 Å². The molecule has 3 aromatic rings. The van der Waals surface area contributed by atoms with E-state index in [1.54, 1.807) is 0 Å². The molecule has 3 heteroatoms. The van der Waals surface area contributed by atoms with Crippen molar-refractivity contribution >= 4 is 22.1 Å². The standard InChI is InChI=1S/C16H11N2.Ir/c1-18-13-7-3-2-6-12(13)16-15-11(9-10-17-16)5-4-8-14(15)18;/h2-5,7-10H,1H3;/q-1;. The molecule has 0 fully saturated rings. The molecule has 19 heavy (non-hydrogen) atoms. The first-order valence-electron chi connectivity index (χ1n) is 5.99. The van der Waals surface area contributed by atoms with Gasteiger partial charge in [0.1, 0.15) is 0 Å². The maximum absolute atomic E-state index is 4.56. The Balaban J connectivity index is 0.00000110. The number of rotatable bonds is 0. The molecule has 0 unspecified atom stereocenters. The summed E-state index contributed by atoms with van der Waals surface area (Å²) in [6.45, 7) is 0. The van der Waals surface area contributed by atoms with Crippen LogP contribution in [0.4, 0.5) is 11.4 Å². The normalized spacial score (nSPS) is 11.9. The van der Waals surface area contributed by atoms with Gasteiger partial charge in [-0.3, -0.25) is 0 Å². The third-order valence-electron chi connectivity index (χ3n) is 3.56. The fourth-order valence-corrected chi connectivity index (χ4v) is 2.71. The third-order valence-corrected chi connectivity index (χ3v) is 3.56. The Morgan fingerprint density at radius 3 is 2.79 bits per heavy atom. The maximum Gasteiger partial charge on any atom is 0.0331 e. The van der Waals surface area contributed by atoms with Crippen molar-refractivity contribution in [2.45, 2.75) is 0 Å². The molecule has 1 radical (unpaired) electrons. The minimum atomic E-state index is 0. The van der Waals surface area contributed by atoms with Crippen molar-refractivity contribution in [3.63, 3.8) is 0 Å². The van der Waals surface area contributed by atoms with Crippen LogP contribution in [-0.4, -0.2) is 12.0 Å². The van der Waals surface area contributed by atoms with Crippen molar-refractivity contribution in [1.82, 2.24) is 4.98 Å². The summed E-state index contributed by atoms with van der Waals surface area (Å²) in [5, 5.41) is 2.45. The van der Waals surface area contributed by atoms with Crippen LogP contribution in [0.15, 0.2) is 48.7 Å². The van der Waals surface area contributed by atoms with E-state index in [2.05, 4.69) is 53.3 Å². The van der Waals surface area contributed by atoms with E-state index in [1.807, 2.05) is 18.3 Å². The largest absolute Gasteiger partial charge is 0.385 e. The molecule has 1 aliphatic rings. The van der Waals surface area contributed by atoms with Crippen LogP contribution in [0.3, 0.4) is 0 Å². The number of hydrogen-bond donors (Lipinski definition) is 0. The van der Waals surface area contributed by atoms with Gasteiger partial charge in [-0.05, 0) is 34.3 Å². The van der Waals surface area contributed by atoms with E-state index in [4.69, 9.17) is 0 Å². The molecule has 4 rings (SSSR count). The Hall–Kier alpha value is -1.70. The van der Waals surface area contributed by atoms with E-state index in [9.17, 15) is 0 Å². The predicted octanol–water partition coefficient (Wildman–Crippen LogP) is 3.78. The summed E-state index contributed by atoms with van der Waals surface area (Å²) >= 11 is 0. The number of benzene rings is 2. The van der Waals surface area contributed by atoms with Gasteiger partial charge >= 0.3 is 0 Å². The van der Waals surface area contributed by atoms with Gasteiger partial charge in [-0.25, -0.2) is 0 Å². The second-order valence-corrected chi connectivity index (χ2v) is 4.52. The summed E-state index contributed by atoms with van der Waals surface area (Å²) in [6, 6.07) is 17.8. The molecule has 0 spiro atoms. The second kappa shape index (κ2) is 4.44. The molecule has 1 aromatic heterocycles. The van der Waals surface area contributed by atoms with Crippen LogP contribution in [0.5, 0.6) is 0 Å². The summed E-state index contributed by atoms with van der Waals surface area (Å²) in [6.07, 6.45) is 1.87. The van der Waals surface area contributed by atoms with Gasteiger partial charge in [0.15, 0.2) is 0 Å². The average Bonchev–Trinajstić information content (AvgIpc) is 2.44. The minimum Gasteiger partial charge on any atom is -0.385 e. The molecule has 0 saturated heterocycles. The summed E-state index contributed by atoms with van der Waals surface area (Å²) in [4.78, 5) is 6.77. The Morgan fingerprint density at radius 2 is 1.89 bits per heavy atom. The smallest absolute Gasteiger partial charge is 0.0331 e. The molecule has 2 aromatic carbocycles. The molecule has 95 valence electrons. The van der Waals surface area contributed by atoms with Crippen LogP contribution in [0.25, 0.3) is 22.0 Å². The van der Waals surface area contributed by atoms with E-state index in [-0.39, 0.29) is 20.1 Å². The Bertz CT molecular complexity index is 762. The van der Waals surface area contributed by atoms with Gasteiger partial charge in [-0.15, -0.1) is 29.8 Å². The van der Waals surface area contributed by atoms with Crippen LogP contribution in [0.2, 0.25) is 0 Å². The molecule has 0 atom stereocenters. The van der Waals surface area contributed by atoms with E-state index < -0.39 is 0 Å². The molecule has 0 N–H and O–H groups in total. The van der Waals surface area contributed by atoms with Crippen LogP contribution >= 0.6 is 0 Å². The van der Waals surface area contributed by atoms with Crippen molar-refractivity contribution in [2.24, 2.45) is 0 Å². The van der Waals surface area contributed by atoms with Crippen LogP contribution < -0.4 is 4.90 Å². The summed E-state index contributed by atoms with van der Waals surface area (Å²) in [7, 11) is 2.09. The fraction of sp³-hybridized carbons (Fsp3) is 0.0625. The van der Waals surface area contributed by atoms with Crippen LogP contribution in [0, 0.1) is 6.07 Å². The molecule has 0 bridgehead atoms. The minimum absolute atomic E-state index is 0.